The van der Waals surface area contributed by atoms with E-state index >= 15 is 0 Å². The summed E-state index contributed by atoms with van der Waals surface area (Å²) in [5.74, 6) is 0. The summed E-state index contributed by atoms with van der Waals surface area (Å²) >= 11 is 0. The van der Waals surface area contributed by atoms with Gasteiger partial charge in [-0.3, -0.25) is 0 Å². The molecule has 0 heterocycles. The van der Waals surface area contributed by atoms with Crippen molar-refractivity contribution < 1.29 is 14.6 Å². The summed E-state index contributed by atoms with van der Waals surface area (Å²) in [4.78, 5) is 11.3. The molecule has 0 aliphatic carbocycles. The number of aliphatic hydroxyl groups excluding tert-OH is 1. The van der Waals surface area contributed by atoms with Crippen LogP contribution in [0.4, 0.5) is 4.79 Å². The number of carbonyl (C=O) groups excluding carboxylic acids is 1. The van der Waals surface area contributed by atoms with Gasteiger partial charge in [-0.15, -0.1) is 0 Å². The molecule has 4 heteroatoms. The summed E-state index contributed by atoms with van der Waals surface area (Å²) in [6.45, 7) is 7.19. The molecule has 0 saturated carbocycles. The molecular weight excluding hydrogens is 194 g/mol. The van der Waals surface area contributed by atoms with Crippen LogP contribution in [0.2, 0.25) is 0 Å². The van der Waals surface area contributed by atoms with Crippen molar-refractivity contribution in [2.24, 2.45) is 0 Å². The van der Waals surface area contributed by atoms with Gasteiger partial charge in [0.05, 0.1) is 12.6 Å². The highest BCUT2D eigenvalue weighted by Crippen LogP contribution is 2.07. The Hall–Kier alpha value is -1.03. The number of nitrogens with one attached hydrogen (secondary N) is 1. The molecular formula is C11H21NO3. The molecule has 0 radical (unpaired) electrons. The van der Waals surface area contributed by atoms with Gasteiger partial charge >= 0.3 is 6.09 Å². The van der Waals surface area contributed by atoms with E-state index in [-0.39, 0.29) is 12.6 Å². The van der Waals surface area contributed by atoms with Crippen LogP contribution in [0.5, 0.6) is 0 Å². The number of carbonyl (C=O) groups is 1. The van der Waals surface area contributed by atoms with Crippen molar-refractivity contribution in [1.29, 1.82) is 0 Å². The molecule has 0 aromatic carbocycles. The van der Waals surface area contributed by atoms with Gasteiger partial charge in [0.2, 0.25) is 0 Å². The molecule has 0 spiro atoms. The summed E-state index contributed by atoms with van der Waals surface area (Å²) in [6.07, 6.45) is 3.87. The monoisotopic (exact) mass is 215 g/mol. The maximum absolute atomic E-state index is 11.3. The molecule has 0 saturated heterocycles. The van der Waals surface area contributed by atoms with Crippen LogP contribution in [-0.2, 0) is 4.74 Å². The van der Waals surface area contributed by atoms with Crippen LogP contribution in [0, 0.1) is 0 Å². The minimum atomic E-state index is -0.509. The Morgan fingerprint density at radius 1 is 1.53 bits per heavy atom. The summed E-state index contributed by atoms with van der Waals surface area (Å²) in [5.41, 5.74) is -0.509. The van der Waals surface area contributed by atoms with Crippen LogP contribution >= 0.6 is 0 Å². The molecule has 0 aromatic heterocycles. The van der Waals surface area contributed by atoms with Gasteiger partial charge in [0.15, 0.2) is 0 Å². The van der Waals surface area contributed by atoms with E-state index in [0.717, 1.165) is 0 Å². The fourth-order valence-corrected chi connectivity index (χ4v) is 0.954. The van der Waals surface area contributed by atoms with E-state index in [1.165, 1.54) is 0 Å². The van der Waals surface area contributed by atoms with Gasteiger partial charge in [-0.2, -0.15) is 0 Å². The molecule has 2 N–H and O–H groups in total. The summed E-state index contributed by atoms with van der Waals surface area (Å²) < 4.78 is 5.06. The predicted octanol–water partition coefficient (Wildman–Crippen LogP) is 1.84. The van der Waals surface area contributed by atoms with Crippen molar-refractivity contribution >= 4 is 6.09 Å². The number of ether oxygens (including phenoxy) is 1. The van der Waals surface area contributed by atoms with Gasteiger partial charge in [0, 0.05) is 0 Å². The zero-order valence-corrected chi connectivity index (χ0v) is 9.91. The quantitative estimate of drug-likeness (QED) is 0.703. The van der Waals surface area contributed by atoms with E-state index in [1.807, 2.05) is 19.1 Å². The third-order valence-corrected chi connectivity index (χ3v) is 1.60. The lowest BCUT2D eigenvalue weighted by atomic mass is 10.2. The number of allylic oxidation sites excluding steroid dienone is 1. The van der Waals surface area contributed by atoms with Gasteiger partial charge < -0.3 is 15.2 Å². The third kappa shape index (κ3) is 8.00. The minimum Gasteiger partial charge on any atom is -0.444 e. The van der Waals surface area contributed by atoms with E-state index in [2.05, 4.69) is 5.32 Å². The van der Waals surface area contributed by atoms with Gasteiger partial charge in [-0.25, -0.2) is 4.79 Å². The number of alkyl carbamates (subject to hydrolysis) is 1. The largest absolute Gasteiger partial charge is 0.444 e. The fourth-order valence-electron chi connectivity index (χ4n) is 0.954. The lowest BCUT2D eigenvalue weighted by Crippen LogP contribution is -2.40. The lowest BCUT2D eigenvalue weighted by Gasteiger charge is -2.22. The van der Waals surface area contributed by atoms with Gasteiger partial charge in [-0.05, 0) is 34.1 Å². The topological polar surface area (TPSA) is 58.6 Å². The molecule has 15 heavy (non-hydrogen) atoms. The van der Waals surface area contributed by atoms with E-state index < -0.39 is 11.7 Å². The van der Waals surface area contributed by atoms with Crippen LogP contribution in [0.15, 0.2) is 12.2 Å². The summed E-state index contributed by atoms with van der Waals surface area (Å²) in [5, 5.41) is 11.6. The second-order valence-corrected chi connectivity index (χ2v) is 4.33. The second kappa shape index (κ2) is 6.45. The number of amides is 1. The standard InChI is InChI=1S/C11H21NO3/c1-5-6-7-9(8-13)12-10(14)15-11(2,3)4/h5-6,9,13H,7-8H2,1-4H3,(H,12,14)/b6-5+. The highest BCUT2D eigenvalue weighted by molar-refractivity contribution is 5.68. The van der Waals surface area contributed by atoms with Crippen molar-refractivity contribution in [3.05, 3.63) is 12.2 Å². The van der Waals surface area contributed by atoms with E-state index in [0.29, 0.717) is 6.42 Å². The van der Waals surface area contributed by atoms with Gasteiger partial charge in [0.1, 0.15) is 5.60 Å². The molecule has 4 nitrogen and oxygen atoms in total. The van der Waals surface area contributed by atoms with E-state index in [4.69, 9.17) is 9.84 Å². The fraction of sp³-hybridized carbons (Fsp3) is 0.727. The number of rotatable bonds is 4. The van der Waals surface area contributed by atoms with Crippen molar-refractivity contribution in [2.45, 2.75) is 45.8 Å². The Morgan fingerprint density at radius 2 is 2.13 bits per heavy atom. The Balaban J connectivity index is 4.01. The van der Waals surface area contributed by atoms with Crippen molar-refractivity contribution in [3.63, 3.8) is 0 Å². The SMILES string of the molecule is C/C=C/CC(CO)NC(=O)OC(C)(C)C. The minimum absolute atomic E-state index is 0.0937. The maximum Gasteiger partial charge on any atom is 0.407 e. The van der Waals surface area contributed by atoms with Crippen molar-refractivity contribution in [2.75, 3.05) is 6.61 Å². The van der Waals surface area contributed by atoms with Crippen LogP contribution < -0.4 is 5.32 Å². The van der Waals surface area contributed by atoms with Crippen LogP contribution in [0.3, 0.4) is 0 Å². The smallest absolute Gasteiger partial charge is 0.407 e. The maximum atomic E-state index is 11.3. The molecule has 0 aliphatic rings. The zero-order chi connectivity index (χ0) is 11.9. The number of aliphatic hydroxyl groups is 1. The summed E-state index contributed by atoms with van der Waals surface area (Å²) in [7, 11) is 0. The zero-order valence-electron chi connectivity index (χ0n) is 9.91. The van der Waals surface area contributed by atoms with Crippen LogP contribution in [-0.4, -0.2) is 29.4 Å². The van der Waals surface area contributed by atoms with Gasteiger partial charge in [0.25, 0.3) is 0 Å². The highest BCUT2D eigenvalue weighted by Gasteiger charge is 2.18. The first-order valence-electron chi connectivity index (χ1n) is 5.10. The Morgan fingerprint density at radius 3 is 2.53 bits per heavy atom. The molecule has 0 aromatic rings. The molecule has 0 aliphatic heterocycles. The molecule has 0 rings (SSSR count). The first-order chi connectivity index (χ1) is 6.89. The average Bonchev–Trinajstić information content (AvgIpc) is 2.09. The Kier molecular flexibility index (Phi) is 6.01. The van der Waals surface area contributed by atoms with Crippen molar-refractivity contribution in [3.8, 4) is 0 Å². The summed E-state index contributed by atoms with van der Waals surface area (Å²) in [6, 6.07) is -0.281. The molecule has 88 valence electrons. The van der Waals surface area contributed by atoms with E-state index in [1.54, 1.807) is 20.8 Å². The lowest BCUT2D eigenvalue weighted by molar-refractivity contribution is 0.0483. The second-order valence-electron chi connectivity index (χ2n) is 4.33. The van der Waals surface area contributed by atoms with Gasteiger partial charge in [-0.1, -0.05) is 12.2 Å². The third-order valence-electron chi connectivity index (χ3n) is 1.60. The Bertz CT molecular complexity index is 218. The first kappa shape index (κ1) is 14.0. The molecule has 1 amide bonds. The number of hydrogen-bond donors (Lipinski definition) is 2. The normalized spacial score (nSPS) is 13.9. The van der Waals surface area contributed by atoms with Crippen LogP contribution in [0.1, 0.15) is 34.1 Å². The van der Waals surface area contributed by atoms with Crippen molar-refractivity contribution in [1.82, 2.24) is 5.32 Å². The molecule has 0 fully saturated rings. The predicted molar refractivity (Wildman–Crippen MR) is 59.7 cm³/mol. The van der Waals surface area contributed by atoms with E-state index in [9.17, 15) is 4.79 Å². The molecule has 1 unspecified atom stereocenters. The van der Waals surface area contributed by atoms with Crippen LogP contribution in [0.25, 0.3) is 0 Å². The highest BCUT2D eigenvalue weighted by atomic mass is 16.6. The molecule has 0 bridgehead atoms. The average molecular weight is 215 g/mol. The molecule has 1 atom stereocenters. The number of hydrogen-bond acceptors (Lipinski definition) is 3. The Labute approximate surface area is 91.3 Å². The first-order valence-corrected chi connectivity index (χ1v) is 5.10.